The highest BCUT2D eigenvalue weighted by atomic mass is 35.5. The average Bonchev–Trinajstić information content (AvgIpc) is 2.48. The third-order valence-corrected chi connectivity index (χ3v) is 4.02. The van der Waals surface area contributed by atoms with Gasteiger partial charge in [0.2, 0.25) is 0 Å². The predicted octanol–water partition coefficient (Wildman–Crippen LogP) is 4.04. The molecule has 1 aromatic rings. The van der Waals surface area contributed by atoms with Gasteiger partial charge in [-0.25, -0.2) is 4.98 Å². The lowest BCUT2D eigenvalue weighted by Gasteiger charge is -2.23. The Morgan fingerprint density at radius 1 is 1.21 bits per heavy atom. The summed E-state index contributed by atoms with van der Waals surface area (Å²) in [5.41, 5.74) is 0.826. The maximum absolute atomic E-state index is 12.4. The smallest absolute Gasteiger partial charge is 0.254 e. The van der Waals surface area contributed by atoms with Gasteiger partial charge in [-0.05, 0) is 36.8 Å². The molecule has 19 heavy (non-hydrogen) atoms. The molecule has 0 aliphatic carbocycles. The Labute approximate surface area is 123 Å². The van der Waals surface area contributed by atoms with Crippen molar-refractivity contribution in [2.75, 3.05) is 13.1 Å². The van der Waals surface area contributed by atoms with Crippen molar-refractivity contribution in [1.82, 2.24) is 9.88 Å². The maximum atomic E-state index is 12.4. The third kappa shape index (κ3) is 3.83. The summed E-state index contributed by atoms with van der Waals surface area (Å²) < 4.78 is 0. The van der Waals surface area contributed by atoms with Gasteiger partial charge in [0.15, 0.2) is 0 Å². The van der Waals surface area contributed by atoms with Crippen molar-refractivity contribution in [1.29, 1.82) is 0 Å². The molecule has 2 rings (SSSR count). The Morgan fingerprint density at radius 2 is 1.84 bits per heavy atom. The lowest BCUT2D eigenvalue weighted by atomic mass is 9.85. The fourth-order valence-corrected chi connectivity index (χ4v) is 2.86. The van der Waals surface area contributed by atoms with Crippen molar-refractivity contribution in [3.8, 4) is 0 Å². The molecule has 0 saturated carbocycles. The number of hydrogen-bond donors (Lipinski definition) is 0. The van der Waals surface area contributed by atoms with Gasteiger partial charge in [-0.2, -0.15) is 0 Å². The molecule has 0 unspecified atom stereocenters. The average molecular weight is 301 g/mol. The van der Waals surface area contributed by atoms with Crippen LogP contribution in [0.4, 0.5) is 0 Å². The molecule has 3 nitrogen and oxygen atoms in total. The van der Waals surface area contributed by atoms with E-state index in [4.69, 9.17) is 23.2 Å². The van der Waals surface area contributed by atoms with Crippen molar-refractivity contribution in [3.05, 3.63) is 28.0 Å². The number of likely N-dealkylation sites (tertiary alicyclic amines) is 1. The van der Waals surface area contributed by atoms with Gasteiger partial charge in [0, 0.05) is 18.7 Å². The molecule has 0 atom stereocenters. The first-order valence-electron chi connectivity index (χ1n) is 6.50. The van der Waals surface area contributed by atoms with Gasteiger partial charge in [-0.1, -0.05) is 37.0 Å². The van der Waals surface area contributed by atoms with Crippen molar-refractivity contribution in [3.63, 3.8) is 0 Å². The van der Waals surface area contributed by atoms with Crippen molar-refractivity contribution >= 4 is 29.1 Å². The summed E-state index contributed by atoms with van der Waals surface area (Å²) >= 11 is 11.7. The molecule has 1 aliphatic heterocycles. The molecule has 0 N–H and O–H groups in total. The first-order chi connectivity index (χ1) is 8.87. The Morgan fingerprint density at radius 3 is 2.47 bits per heavy atom. The van der Waals surface area contributed by atoms with Gasteiger partial charge in [-0.15, -0.1) is 0 Å². The third-order valence-electron chi connectivity index (χ3n) is 3.64. The summed E-state index contributed by atoms with van der Waals surface area (Å²) in [6, 6.07) is 3.15. The minimum Gasteiger partial charge on any atom is -0.339 e. The topological polar surface area (TPSA) is 33.2 Å². The standard InChI is InChI=1S/C14H18Cl2N2O/c1-14(2)4-3-6-18(7-5-14)13(19)10-8-11(15)17-12(16)9-10/h8-9H,3-7H2,1-2H3. The molecule has 2 heterocycles. The zero-order chi connectivity index (χ0) is 14.0. The predicted molar refractivity (Wildman–Crippen MR) is 77.8 cm³/mol. The van der Waals surface area contributed by atoms with Crippen LogP contribution >= 0.6 is 23.2 Å². The van der Waals surface area contributed by atoms with Crippen LogP contribution in [-0.4, -0.2) is 28.9 Å². The Balaban J connectivity index is 2.15. The molecular formula is C14H18Cl2N2O. The summed E-state index contributed by atoms with van der Waals surface area (Å²) in [6.07, 6.45) is 3.20. The minimum atomic E-state index is -0.0103. The number of amides is 1. The molecule has 1 aliphatic rings. The molecule has 1 saturated heterocycles. The Bertz CT molecular complexity index is 468. The second kappa shape index (κ2) is 5.68. The quantitative estimate of drug-likeness (QED) is 0.733. The van der Waals surface area contributed by atoms with Crippen LogP contribution in [0.25, 0.3) is 0 Å². The second-order valence-electron chi connectivity index (χ2n) is 5.81. The summed E-state index contributed by atoms with van der Waals surface area (Å²) in [5.74, 6) is -0.0103. The lowest BCUT2D eigenvalue weighted by molar-refractivity contribution is 0.0757. The second-order valence-corrected chi connectivity index (χ2v) is 6.59. The minimum absolute atomic E-state index is 0.0103. The van der Waals surface area contributed by atoms with Crippen LogP contribution < -0.4 is 0 Å². The number of hydrogen-bond acceptors (Lipinski definition) is 2. The van der Waals surface area contributed by atoms with Crippen molar-refractivity contribution < 1.29 is 4.79 Å². The summed E-state index contributed by atoms with van der Waals surface area (Å²) in [6.45, 7) is 6.07. The largest absolute Gasteiger partial charge is 0.339 e. The summed E-state index contributed by atoms with van der Waals surface area (Å²) in [4.78, 5) is 18.2. The van der Waals surface area contributed by atoms with Gasteiger partial charge in [0.25, 0.3) is 5.91 Å². The van der Waals surface area contributed by atoms with Crippen LogP contribution in [0, 0.1) is 5.41 Å². The molecule has 0 radical (unpaired) electrons. The van der Waals surface area contributed by atoms with Gasteiger partial charge in [0.05, 0.1) is 0 Å². The van der Waals surface area contributed by atoms with E-state index < -0.39 is 0 Å². The number of nitrogens with zero attached hydrogens (tertiary/aromatic N) is 2. The fraction of sp³-hybridized carbons (Fsp3) is 0.571. The van der Waals surface area contributed by atoms with E-state index in [0.29, 0.717) is 11.0 Å². The zero-order valence-electron chi connectivity index (χ0n) is 11.2. The molecule has 0 spiro atoms. The van der Waals surface area contributed by atoms with Gasteiger partial charge < -0.3 is 4.90 Å². The highest BCUT2D eigenvalue weighted by Crippen LogP contribution is 2.30. The molecular weight excluding hydrogens is 283 g/mol. The maximum Gasteiger partial charge on any atom is 0.254 e. The normalized spacial score (nSPS) is 19.1. The number of halogens is 2. The van der Waals surface area contributed by atoms with E-state index in [-0.39, 0.29) is 16.2 Å². The summed E-state index contributed by atoms with van der Waals surface area (Å²) in [5, 5.41) is 0.511. The van der Waals surface area contributed by atoms with Crippen LogP contribution in [0.2, 0.25) is 10.3 Å². The Hall–Kier alpha value is -0.800. The number of rotatable bonds is 1. The lowest BCUT2D eigenvalue weighted by Crippen LogP contribution is -2.32. The monoisotopic (exact) mass is 300 g/mol. The molecule has 1 amide bonds. The van der Waals surface area contributed by atoms with E-state index >= 15 is 0 Å². The molecule has 1 aromatic heterocycles. The van der Waals surface area contributed by atoms with Gasteiger partial charge in [-0.3, -0.25) is 4.79 Å². The number of carbonyl (C=O) groups is 1. The highest BCUT2D eigenvalue weighted by Gasteiger charge is 2.26. The zero-order valence-corrected chi connectivity index (χ0v) is 12.8. The number of aromatic nitrogens is 1. The van der Waals surface area contributed by atoms with Crippen LogP contribution in [0.3, 0.4) is 0 Å². The SMILES string of the molecule is CC1(C)CCCN(C(=O)c2cc(Cl)nc(Cl)c2)CC1. The Kier molecular flexibility index (Phi) is 4.36. The molecule has 0 bridgehead atoms. The van der Waals surface area contributed by atoms with Crippen LogP contribution in [0.15, 0.2) is 12.1 Å². The van der Waals surface area contributed by atoms with Gasteiger partial charge in [0.1, 0.15) is 10.3 Å². The van der Waals surface area contributed by atoms with E-state index in [1.807, 2.05) is 4.90 Å². The fourth-order valence-electron chi connectivity index (χ4n) is 2.40. The van der Waals surface area contributed by atoms with Crippen LogP contribution in [0.1, 0.15) is 43.5 Å². The van der Waals surface area contributed by atoms with E-state index in [0.717, 1.165) is 32.4 Å². The molecule has 5 heteroatoms. The molecule has 1 fully saturated rings. The first-order valence-corrected chi connectivity index (χ1v) is 7.25. The number of carbonyl (C=O) groups excluding carboxylic acids is 1. The molecule has 104 valence electrons. The molecule has 0 aromatic carbocycles. The van der Waals surface area contributed by atoms with Crippen molar-refractivity contribution in [2.45, 2.75) is 33.1 Å². The number of pyridine rings is 1. The van der Waals surface area contributed by atoms with E-state index in [9.17, 15) is 4.79 Å². The van der Waals surface area contributed by atoms with E-state index in [1.54, 1.807) is 12.1 Å². The summed E-state index contributed by atoms with van der Waals surface area (Å²) in [7, 11) is 0. The van der Waals surface area contributed by atoms with Gasteiger partial charge >= 0.3 is 0 Å². The highest BCUT2D eigenvalue weighted by molar-refractivity contribution is 6.33. The van der Waals surface area contributed by atoms with Crippen LogP contribution in [0.5, 0.6) is 0 Å². The van der Waals surface area contributed by atoms with Crippen LogP contribution in [-0.2, 0) is 0 Å². The van der Waals surface area contributed by atoms with E-state index in [1.165, 1.54) is 0 Å². The van der Waals surface area contributed by atoms with Crippen molar-refractivity contribution in [2.24, 2.45) is 5.41 Å². The van der Waals surface area contributed by atoms with E-state index in [2.05, 4.69) is 18.8 Å². The first kappa shape index (κ1) is 14.6.